The van der Waals surface area contributed by atoms with E-state index in [0.29, 0.717) is 64.0 Å². The molecule has 3 aromatic rings. The minimum atomic E-state index is -0.828. The van der Waals surface area contributed by atoms with Crippen LogP contribution in [0, 0.1) is 6.92 Å². The average Bonchev–Trinajstić information content (AvgIpc) is 2.97. The Labute approximate surface area is 235 Å². The van der Waals surface area contributed by atoms with Crippen LogP contribution in [0.1, 0.15) is 31.2 Å². The first-order valence-corrected chi connectivity index (χ1v) is 13.7. The predicted octanol–water partition coefficient (Wildman–Crippen LogP) is 2.59. The zero-order chi connectivity index (χ0) is 28.7. The van der Waals surface area contributed by atoms with Gasteiger partial charge >= 0.3 is 6.03 Å². The van der Waals surface area contributed by atoms with Crippen LogP contribution in [0.15, 0.2) is 66.9 Å². The number of anilines is 1. The second-order valence-corrected chi connectivity index (χ2v) is 9.60. The molecule has 4 amide bonds. The maximum absolute atomic E-state index is 13.3. The van der Waals surface area contributed by atoms with Crippen LogP contribution in [0.3, 0.4) is 0 Å². The summed E-state index contributed by atoms with van der Waals surface area (Å²) in [5.74, 6) is -0.760. The quantitative estimate of drug-likeness (QED) is 0.146. The normalized spacial score (nSPS) is 12.3. The number of pyridine rings is 1. The number of nitrogens with one attached hydrogen (secondary N) is 3. The van der Waals surface area contributed by atoms with E-state index in [-0.39, 0.29) is 11.9 Å². The standard InChI is InChI=1S/C30H39N7O3/c1-2-18-37(19-16-31)30(40)33-17-8-12-25(32)28(38)36-27(15-14-22-9-4-3-5-10-22)29(39)35-24-20-23-11-6-7-13-26(23)34-21-24/h3-7,9-11,13,20-21,25,27H,1-2,8,12,14-19,31-32H2,(H2-,33,35,36,38,39,40)/p+1. The molecule has 2 unspecified atom stereocenters. The maximum Gasteiger partial charge on any atom is 0.317 e. The summed E-state index contributed by atoms with van der Waals surface area (Å²) in [5, 5.41) is 9.45. The number of fused-ring (bicyclic) bond motifs is 1. The van der Waals surface area contributed by atoms with Crippen LogP contribution in [-0.4, -0.2) is 66.0 Å². The van der Waals surface area contributed by atoms with Gasteiger partial charge in [-0.15, -0.1) is 0 Å². The van der Waals surface area contributed by atoms with Gasteiger partial charge in [-0.25, -0.2) is 4.79 Å². The number of benzene rings is 2. The molecular weight excluding hydrogens is 506 g/mol. The fourth-order valence-electron chi connectivity index (χ4n) is 4.29. The minimum absolute atomic E-state index is 0.215. The van der Waals surface area contributed by atoms with Crippen LogP contribution in [0.4, 0.5) is 10.5 Å². The molecule has 0 radical (unpaired) electrons. The van der Waals surface area contributed by atoms with Gasteiger partial charge in [0.2, 0.25) is 11.8 Å². The third-order valence-electron chi connectivity index (χ3n) is 6.47. The summed E-state index contributed by atoms with van der Waals surface area (Å²) in [6.07, 6.45) is 4.04. The molecule has 0 fully saturated rings. The van der Waals surface area contributed by atoms with Gasteiger partial charge in [0.1, 0.15) is 12.5 Å². The number of nitrogens with two attached hydrogens (primary N) is 2. The van der Waals surface area contributed by atoms with E-state index in [1.54, 1.807) is 11.1 Å². The second-order valence-electron chi connectivity index (χ2n) is 9.60. The summed E-state index contributed by atoms with van der Waals surface area (Å²) in [5.41, 5.74) is 14.2. The third-order valence-corrected chi connectivity index (χ3v) is 6.47. The lowest BCUT2D eigenvalue weighted by atomic mass is 10.0. The SMILES string of the molecule is [CH2+]CCN(CCN)C(=O)NCCCC(N)C(=O)NC(CCc1ccccc1)C(=O)Nc1cnc2ccccc2c1. The average molecular weight is 547 g/mol. The Hall–Kier alpha value is -4.15. The zero-order valence-corrected chi connectivity index (χ0v) is 22.9. The highest BCUT2D eigenvalue weighted by Gasteiger charge is 2.24. The molecule has 1 aromatic heterocycles. The van der Waals surface area contributed by atoms with Crippen LogP contribution in [0.2, 0.25) is 0 Å². The summed E-state index contributed by atoms with van der Waals surface area (Å²) in [6.45, 7) is 5.48. The molecule has 212 valence electrons. The van der Waals surface area contributed by atoms with Crippen LogP contribution < -0.4 is 27.4 Å². The van der Waals surface area contributed by atoms with E-state index in [0.717, 1.165) is 16.5 Å². The van der Waals surface area contributed by atoms with Gasteiger partial charge in [-0.05, 0) is 43.4 Å². The highest BCUT2D eigenvalue weighted by Crippen LogP contribution is 2.17. The zero-order valence-electron chi connectivity index (χ0n) is 22.9. The molecule has 0 aliphatic rings. The Morgan fingerprint density at radius 1 is 0.975 bits per heavy atom. The van der Waals surface area contributed by atoms with E-state index >= 15 is 0 Å². The van der Waals surface area contributed by atoms with Crippen molar-refractivity contribution in [2.24, 2.45) is 11.5 Å². The summed E-state index contributed by atoms with van der Waals surface area (Å²) in [6, 6.07) is 17.4. The number of hydrogen-bond donors (Lipinski definition) is 5. The van der Waals surface area contributed by atoms with Gasteiger partial charge in [-0.1, -0.05) is 48.5 Å². The number of hydrogen-bond acceptors (Lipinski definition) is 6. The van der Waals surface area contributed by atoms with Crippen molar-refractivity contribution in [1.82, 2.24) is 20.5 Å². The van der Waals surface area contributed by atoms with E-state index in [9.17, 15) is 14.4 Å². The Kier molecular flexibility index (Phi) is 12.2. The molecule has 0 aliphatic heterocycles. The van der Waals surface area contributed by atoms with Crippen LogP contribution >= 0.6 is 0 Å². The minimum Gasteiger partial charge on any atom is -0.343 e. The van der Waals surface area contributed by atoms with Crippen molar-refractivity contribution in [1.29, 1.82) is 0 Å². The Morgan fingerprint density at radius 2 is 1.73 bits per heavy atom. The van der Waals surface area contributed by atoms with Crippen LogP contribution in [-0.2, 0) is 16.0 Å². The fraction of sp³-hybridized carbons (Fsp3) is 0.367. The topological polar surface area (TPSA) is 155 Å². The lowest BCUT2D eigenvalue weighted by Gasteiger charge is -2.22. The van der Waals surface area contributed by atoms with Crippen LogP contribution in [0.25, 0.3) is 10.9 Å². The number of para-hydroxylation sites is 1. The van der Waals surface area contributed by atoms with E-state index in [4.69, 9.17) is 11.5 Å². The summed E-state index contributed by atoms with van der Waals surface area (Å²) in [7, 11) is 0. The summed E-state index contributed by atoms with van der Waals surface area (Å²) in [4.78, 5) is 44.5. The highest BCUT2D eigenvalue weighted by molar-refractivity contribution is 5.98. The van der Waals surface area contributed by atoms with Crippen molar-refractivity contribution in [2.75, 3.05) is 31.5 Å². The third kappa shape index (κ3) is 9.55. The first kappa shape index (κ1) is 30.4. The van der Waals surface area contributed by atoms with Crippen molar-refractivity contribution in [3.63, 3.8) is 0 Å². The maximum atomic E-state index is 13.3. The van der Waals surface area contributed by atoms with Crippen molar-refractivity contribution in [3.05, 3.63) is 79.3 Å². The van der Waals surface area contributed by atoms with Gasteiger partial charge in [0.25, 0.3) is 0 Å². The molecule has 0 bridgehead atoms. The number of aryl methyl sites for hydroxylation is 1. The summed E-state index contributed by atoms with van der Waals surface area (Å²) >= 11 is 0. The number of amides is 4. The largest absolute Gasteiger partial charge is 0.343 e. The second kappa shape index (κ2) is 16.1. The number of carbonyl (C=O) groups excluding carboxylic acids is 3. The number of rotatable bonds is 15. The lowest BCUT2D eigenvalue weighted by Crippen LogP contribution is -2.50. The van der Waals surface area contributed by atoms with E-state index in [1.807, 2.05) is 60.7 Å². The van der Waals surface area contributed by atoms with E-state index in [1.165, 1.54) is 0 Å². The van der Waals surface area contributed by atoms with Crippen molar-refractivity contribution in [2.45, 2.75) is 44.2 Å². The smallest absolute Gasteiger partial charge is 0.317 e. The lowest BCUT2D eigenvalue weighted by molar-refractivity contribution is -0.127. The highest BCUT2D eigenvalue weighted by atomic mass is 16.2. The van der Waals surface area contributed by atoms with Gasteiger partial charge in [0.05, 0.1) is 36.9 Å². The first-order chi connectivity index (χ1) is 19.4. The molecule has 1 heterocycles. The van der Waals surface area contributed by atoms with Gasteiger partial charge in [0.15, 0.2) is 0 Å². The number of nitrogens with zero attached hydrogens (tertiary/aromatic N) is 2. The van der Waals surface area contributed by atoms with Crippen molar-refractivity contribution < 1.29 is 14.4 Å². The number of carbonyl (C=O) groups is 3. The molecule has 40 heavy (non-hydrogen) atoms. The first-order valence-electron chi connectivity index (χ1n) is 13.7. The molecule has 10 nitrogen and oxygen atoms in total. The van der Waals surface area contributed by atoms with Crippen molar-refractivity contribution in [3.8, 4) is 0 Å². The molecular formula is C30H40N7O3+. The van der Waals surface area contributed by atoms with Crippen LogP contribution in [0.5, 0.6) is 0 Å². The summed E-state index contributed by atoms with van der Waals surface area (Å²) < 4.78 is 0. The van der Waals surface area contributed by atoms with E-state index in [2.05, 4.69) is 27.9 Å². The van der Waals surface area contributed by atoms with Crippen molar-refractivity contribution >= 4 is 34.4 Å². The van der Waals surface area contributed by atoms with Gasteiger partial charge in [-0.2, -0.15) is 0 Å². The molecule has 0 saturated carbocycles. The number of urea groups is 1. The monoisotopic (exact) mass is 546 g/mol. The molecule has 10 heteroatoms. The van der Waals surface area contributed by atoms with E-state index < -0.39 is 18.0 Å². The Bertz CT molecular complexity index is 1230. The Balaban J connectivity index is 1.56. The predicted molar refractivity (Wildman–Crippen MR) is 158 cm³/mol. The molecule has 0 saturated heterocycles. The Morgan fingerprint density at radius 3 is 2.48 bits per heavy atom. The van der Waals surface area contributed by atoms with Gasteiger partial charge < -0.3 is 32.3 Å². The van der Waals surface area contributed by atoms with Gasteiger partial charge in [-0.3, -0.25) is 14.6 Å². The molecule has 0 spiro atoms. The molecule has 3 rings (SSSR count). The molecule has 7 N–H and O–H groups in total. The molecule has 0 aliphatic carbocycles. The van der Waals surface area contributed by atoms with Gasteiger partial charge in [0, 0.05) is 25.0 Å². The molecule has 2 aromatic carbocycles. The fourth-order valence-corrected chi connectivity index (χ4v) is 4.29. The number of aromatic nitrogens is 1. The molecule has 2 atom stereocenters.